The summed E-state index contributed by atoms with van der Waals surface area (Å²) in [4.78, 5) is 40.3. The molecule has 0 saturated carbocycles. The molecule has 1 aromatic heterocycles. The molecule has 3 saturated heterocycles. The maximum atomic E-state index is 12.9. The summed E-state index contributed by atoms with van der Waals surface area (Å²) in [6.07, 6.45) is 2.14. The molecule has 8 heteroatoms. The number of carbonyl (C=O) groups is 3. The number of fused-ring (bicyclic) bond motifs is 1. The van der Waals surface area contributed by atoms with Crippen molar-refractivity contribution >= 4 is 17.8 Å². The Kier molecular flexibility index (Phi) is 4.22. The van der Waals surface area contributed by atoms with E-state index in [4.69, 9.17) is 9.15 Å². The second-order valence-electron chi connectivity index (χ2n) is 7.46. The minimum absolute atomic E-state index is 0.0763. The summed E-state index contributed by atoms with van der Waals surface area (Å²) >= 11 is 0. The molecule has 3 aliphatic rings. The molecular formula is C18H22N2O6. The topological polar surface area (TPSA) is 100 Å². The van der Waals surface area contributed by atoms with E-state index in [1.807, 2.05) is 0 Å². The van der Waals surface area contributed by atoms with Crippen molar-refractivity contribution in [3.05, 3.63) is 24.2 Å². The van der Waals surface area contributed by atoms with Gasteiger partial charge in [-0.1, -0.05) is 0 Å². The first-order valence-electron chi connectivity index (χ1n) is 8.90. The first kappa shape index (κ1) is 17.1. The smallest absolute Gasteiger partial charge is 0.311 e. The van der Waals surface area contributed by atoms with Gasteiger partial charge in [0.15, 0.2) is 0 Å². The number of hydrogen-bond acceptors (Lipinski definition) is 5. The van der Waals surface area contributed by atoms with Crippen LogP contribution in [0.25, 0.3) is 0 Å². The Morgan fingerprint density at radius 2 is 2.19 bits per heavy atom. The van der Waals surface area contributed by atoms with Crippen LogP contribution < -0.4 is 0 Å². The van der Waals surface area contributed by atoms with Gasteiger partial charge in [0.25, 0.3) is 0 Å². The molecule has 1 unspecified atom stereocenters. The fourth-order valence-electron chi connectivity index (χ4n) is 4.41. The van der Waals surface area contributed by atoms with Crippen LogP contribution in [-0.2, 0) is 25.7 Å². The van der Waals surface area contributed by atoms with E-state index in [9.17, 15) is 19.5 Å². The van der Waals surface area contributed by atoms with Gasteiger partial charge in [-0.25, -0.2) is 0 Å². The number of rotatable bonds is 4. The predicted octanol–water partition coefficient (Wildman–Crippen LogP) is 0.578. The van der Waals surface area contributed by atoms with Crippen molar-refractivity contribution in [2.75, 3.05) is 32.8 Å². The molecule has 3 aliphatic heterocycles. The predicted molar refractivity (Wildman–Crippen MR) is 87.8 cm³/mol. The first-order valence-corrected chi connectivity index (χ1v) is 8.90. The van der Waals surface area contributed by atoms with E-state index in [-0.39, 0.29) is 30.7 Å². The van der Waals surface area contributed by atoms with E-state index in [0.29, 0.717) is 45.0 Å². The molecule has 0 aromatic carbocycles. The van der Waals surface area contributed by atoms with Gasteiger partial charge in [0.2, 0.25) is 11.8 Å². The lowest BCUT2D eigenvalue weighted by Crippen LogP contribution is -2.45. The molecule has 2 amide bonds. The summed E-state index contributed by atoms with van der Waals surface area (Å²) in [5, 5.41) is 9.73. The molecule has 26 heavy (non-hydrogen) atoms. The molecule has 4 rings (SSSR count). The molecule has 1 aromatic rings. The van der Waals surface area contributed by atoms with Crippen LogP contribution in [0.1, 0.15) is 18.6 Å². The van der Waals surface area contributed by atoms with E-state index >= 15 is 0 Å². The van der Waals surface area contributed by atoms with Crippen LogP contribution in [0.5, 0.6) is 0 Å². The summed E-state index contributed by atoms with van der Waals surface area (Å²) in [5.74, 6) is -0.995. The van der Waals surface area contributed by atoms with Gasteiger partial charge >= 0.3 is 5.97 Å². The highest BCUT2D eigenvalue weighted by molar-refractivity contribution is 5.90. The highest BCUT2D eigenvalue weighted by Gasteiger charge is 2.55. The van der Waals surface area contributed by atoms with Crippen molar-refractivity contribution in [1.82, 2.24) is 9.80 Å². The van der Waals surface area contributed by atoms with Crippen molar-refractivity contribution in [2.24, 2.45) is 17.3 Å². The third-order valence-electron chi connectivity index (χ3n) is 5.93. The van der Waals surface area contributed by atoms with Crippen molar-refractivity contribution in [2.45, 2.75) is 19.4 Å². The zero-order valence-corrected chi connectivity index (χ0v) is 14.4. The molecule has 140 valence electrons. The van der Waals surface area contributed by atoms with Crippen LogP contribution in [-0.4, -0.2) is 65.5 Å². The Morgan fingerprint density at radius 1 is 1.35 bits per heavy atom. The average Bonchev–Trinajstić information content (AvgIpc) is 3.34. The van der Waals surface area contributed by atoms with E-state index in [2.05, 4.69) is 0 Å². The number of hydrogen-bond donors (Lipinski definition) is 1. The van der Waals surface area contributed by atoms with E-state index in [1.54, 1.807) is 28.2 Å². The molecule has 3 atom stereocenters. The number of carboxylic acid groups (broad SMARTS) is 1. The van der Waals surface area contributed by atoms with E-state index in [1.165, 1.54) is 0 Å². The number of amides is 2. The van der Waals surface area contributed by atoms with Gasteiger partial charge in [0, 0.05) is 38.6 Å². The number of carboxylic acids is 1. The second kappa shape index (κ2) is 6.42. The van der Waals surface area contributed by atoms with Crippen LogP contribution in [0.15, 0.2) is 22.8 Å². The number of carbonyl (C=O) groups excluding carboxylic acids is 2. The van der Waals surface area contributed by atoms with Crippen LogP contribution in [0.4, 0.5) is 0 Å². The Labute approximate surface area is 150 Å². The molecule has 4 heterocycles. The van der Waals surface area contributed by atoms with E-state index in [0.717, 1.165) is 0 Å². The first-order chi connectivity index (χ1) is 12.5. The third kappa shape index (κ3) is 2.78. The molecule has 0 aliphatic carbocycles. The SMILES string of the molecule is O=C1CC(C(=O)N2C[C@H]3COCC[C@@]3(C(=O)O)C2)CN1Cc1ccco1. The van der Waals surface area contributed by atoms with Gasteiger partial charge in [-0.15, -0.1) is 0 Å². The van der Waals surface area contributed by atoms with Crippen molar-refractivity contribution < 1.29 is 28.6 Å². The summed E-state index contributed by atoms with van der Waals surface area (Å²) in [5.41, 5.74) is -0.912. The van der Waals surface area contributed by atoms with Crippen LogP contribution in [0.2, 0.25) is 0 Å². The van der Waals surface area contributed by atoms with Gasteiger partial charge in [-0.05, 0) is 18.6 Å². The molecule has 1 N–H and O–H groups in total. The molecular weight excluding hydrogens is 340 g/mol. The largest absolute Gasteiger partial charge is 0.481 e. The maximum Gasteiger partial charge on any atom is 0.311 e. The highest BCUT2D eigenvalue weighted by Crippen LogP contribution is 2.43. The molecule has 0 bridgehead atoms. The average molecular weight is 362 g/mol. The minimum atomic E-state index is -0.912. The van der Waals surface area contributed by atoms with E-state index < -0.39 is 17.3 Å². The molecule has 3 fully saturated rings. The lowest BCUT2D eigenvalue weighted by molar-refractivity contribution is -0.157. The van der Waals surface area contributed by atoms with Gasteiger partial charge < -0.3 is 24.1 Å². The number of furan rings is 1. The third-order valence-corrected chi connectivity index (χ3v) is 5.93. The lowest BCUT2D eigenvalue weighted by Gasteiger charge is -2.33. The fourth-order valence-corrected chi connectivity index (χ4v) is 4.41. The van der Waals surface area contributed by atoms with Gasteiger partial charge in [0.1, 0.15) is 5.76 Å². The van der Waals surface area contributed by atoms with Crippen LogP contribution in [0.3, 0.4) is 0 Å². The Balaban J connectivity index is 1.43. The van der Waals surface area contributed by atoms with Crippen molar-refractivity contribution in [3.63, 3.8) is 0 Å². The van der Waals surface area contributed by atoms with Crippen LogP contribution in [0, 0.1) is 17.3 Å². The minimum Gasteiger partial charge on any atom is -0.481 e. The fraction of sp³-hybridized carbons (Fsp3) is 0.611. The molecule has 8 nitrogen and oxygen atoms in total. The Hall–Kier alpha value is -2.35. The number of ether oxygens (including phenoxy) is 1. The monoisotopic (exact) mass is 362 g/mol. The van der Waals surface area contributed by atoms with Gasteiger partial charge in [-0.3, -0.25) is 14.4 Å². The zero-order valence-electron chi connectivity index (χ0n) is 14.4. The maximum absolute atomic E-state index is 12.9. The normalized spacial score (nSPS) is 31.3. The van der Waals surface area contributed by atoms with Crippen molar-refractivity contribution in [1.29, 1.82) is 0 Å². The summed E-state index contributed by atoms with van der Waals surface area (Å²) in [6.45, 7) is 2.06. The summed E-state index contributed by atoms with van der Waals surface area (Å²) in [6, 6.07) is 3.56. The lowest BCUT2D eigenvalue weighted by atomic mass is 9.74. The van der Waals surface area contributed by atoms with Crippen molar-refractivity contribution in [3.8, 4) is 0 Å². The zero-order chi connectivity index (χ0) is 18.3. The standard InChI is InChI=1S/C18H22N2O6/c21-15-6-12(7-19(15)9-14-2-1-4-26-14)16(22)20-8-13-10-25-5-3-18(13,11-20)17(23)24/h1-2,4,12-13H,3,5-11H2,(H,23,24)/t12?,13-,18+/m0/s1. The highest BCUT2D eigenvalue weighted by atomic mass is 16.5. The number of nitrogens with zero attached hydrogens (tertiary/aromatic N) is 2. The Morgan fingerprint density at radius 3 is 2.88 bits per heavy atom. The molecule has 0 radical (unpaired) electrons. The molecule has 0 spiro atoms. The summed E-state index contributed by atoms with van der Waals surface area (Å²) < 4.78 is 10.7. The quantitative estimate of drug-likeness (QED) is 0.841. The Bertz CT molecular complexity index is 717. The second-order valence-corrected chi connectivity index (χ2v) is 7.46. The number of aliphatic carboxylic acids is 1. The number of likely N-dealkylation sites (tertiary alicyclic amines) is 2. The van der Waals surface area contributed by atoms with Crippen LogP contribution >= 0.6 is 0 Å². The summed E-state index contributed by atoms with van der Waals surface area (Å²) in [7, 11) is 0. The van der Waals surface area contributed by atoms with Gasteiger partial charge in [-0.2, -0.15) is 0 Å². The van der Waals surface area contributed by atoms with Gasteiger partial charge in [0.05, 0.1) is 30.7 Å².